The van der Waals surface area contributed by atoms with Crippen molar-refractivity contribution >= 4 is 12.3 Å². The van der Waals surface area contributed by atoms with Crippen LogP contribution in [-0.2, 0) is 26.3 Å². The minimum Gasteiger partial charge on any atom is -0.441 e. The molecule has 0 fully saturated rings. The van der Waals surface area contributed by atoms with Gasteiger partial charge in [-0.3, -0.25) is 9.59 Å². The van der Waals surface area contributed by atoms with Crippen molar-refractivity contribution in [3.8, 4) is 0 Å². The van der Waals surface area contributed by atoms with Crippen molar-refractivity contribution in [3.05, 3.63) is 108 Å². The molecular weight excluding hydrogens is 312 g/mol. The van der Waals surface area contributed by atoms with Gasteiger partial charge in [0.15, 0.2) is 6.29 Å². The summed E-state index contributed by atoms with van der Waals surface area (Å²) in [5.74, 6) is -0.453. The zero-order chi connectivity index (χ0) is 17.5. The Morgan fingerprint density at radius 1 is 0.760 bits per heavy atom. The van der Waals surface area contributed by atoms with E-state index in [0.717, 1.165) is 5.56 Å². The van der Waals surface area contributed by atoms with Gasteiger partial charge in [0, 0.05) is 11.1 Å². The van der Waals surface area contributed by atoms with Crippen molar-refractivity contribution < 1.29 is 14.3 Å². The van der Waals surface area contributed by atoms with Gasteiger partial charge < -0.3 is 4.74 Å². The SMILES string of the molecule is O=CC(OC(=O)Cc1ccccc1)(c1ccccc1)c1ccccc1. The number of ether oxygens (including phenoxy) is 1. The van der Waals surface area contributed by atoms with E-state index in [1.165, 1.54) is 0 Å². The van der Waals surface area contributed by atoms with Gasteiger partial charge in [0.1, 0.15) is 0 Å². The summed E-state index contributed by atoms with van der Waals surface area (Å²) in [5.41, 5.74) is 0.637. The molecule has 124 valence electrons. The maximum Gasteiger partial charge on any atom is 0.311 e. The highest BCUT2D eigenvalue weighted by Gasteiger charge is 2.38. The second-order valence-electron chi connectivity index (χ2n) is 5.72. The Labute approximate surface area is 146 Å². The summed E-state index contributed by atoms with van der Waals surface area (Å²) in [4.78, 5) is 24.7. The van der Waals surface area contributed by atoms with Gasteiger partial charge >= 0.3 is 5.97 Å². The van der Waals surface area contributed by atoms with Gasteiger partial charge in [0.05, 0.1) is 6.42 Å². The molecule has 0 aliphatic rings. The van der Waals surface area contributed by atoms with E-state index in [0.29, 0.717) is 17.4 Å². The van der Waals surface area contributed by atoms with Crippen LogP contribution in [0.3, 0.4) is 0 Å². The van der Waals surface area contributed by atoms with Crippen LogP contribution in [0.1, 0.15) is 16.7 Å². The standard InChI is InChI=1S/C22H18O3/c23-17-22(19-12-6-2-7-13-19,20-14-8-3-9-15-20)25-21(24)16-18-10-4-1-5-11-18/h1-15,17H,16H2. The fourth-order valence-corrected chi connectivity index (χ4v) is 2.79. The zero-order valence-corrected chi connectivity index (χ0v) is 13.7. The van der Waals surface area contributed by atoms with Crippen LogP contribution in [-0.4, -0.2) is 12.3 Å². The average Bonchev–Trinajstić information content (AvgIpc) is 2.68. The van der Waals surface area contributed by atoms with Crippen molar-refractivity contribution in [3.63, 3.8) is 0 Å². The van der Waals surface area contributed by atoms with Crippen LogP contribution >= 0.6 is 0 Å². The van der Waals surface area contributed by atoms with E-state index in [1.807, 2.05) is 66.7 Å². The molecule has 0 aliphatic heterocycles. The smallest absolute Gasteiger partial charge is 0.311 e. The molecule has 0 bridgehead atoms. The lowest BCUT2D eigenvalue weighted by atomic mass is 9.87. The van der Waals surface area contributed by atoms with E-state index >= 15 is 0 Å². The molecule has 0 unspecified atom stereocenters. The van der Waals surface area contributed by atoms with Crippen molar-refractivity contribution in [2.24, 2.45) is 0 Å². The molecular formula is C22H18O3. The Morgan fingerprint density at radius 3 is 1.64 bits per heavy atom. The Balaban J connectivity index is 1.97. The lowest BCUT2D eigenvalue weighted by molar-refractivity contribution is -0.159. The summed E-state index contributed by atoms with van der Waals surface area (Å²) in [6.45, 7) is 0. The normalized spacial score (nSPS) is 10.9. The van der Waals surface area contributed by atoms with Gasteiger partial charge in [-0.1, -0.05) is 91.0 Å². The summed E-state index contributed by atoms with van der Waals surface area (Å²) < 4.78 is 5.76. The minimum absolute atomic E-state index is 0.107. The van der Waals surface area contributed by atoms with Crippen molar-refractivity contribution in [2.45, 2.75) is 12.0 Å². The highest BCUT2D eigenvalue weighted by molar-refractivity contribution is 5.80. The Morgan fingerprint density at radius 2 is 1.20 bits per heavy atom. The molecule has 3 aromatic rings. The molecule has 0 amide bonds. The second kappa shape index (κ2) is 7.58. The third-order valence-corrected chi connectivity index (χ3v) is 4.04. The molecule has 0 saturated carbocycles. The van der Waals surface area contributed by atoms with Gasteiger partial charge in [-0.15, -0.1) is 0 Å². The third-order valence-electron chi connectivity index (χ3n) is 4.04. The van der Waals surface area contributed by atoms with E-state index in [4.69, 9.17) is 4.74 Å². The third kappa shape index (κ3) is 3.66. The van der Waals surface area contributed by atoms with Crippen LogP contribution < -0.4 is 0 Å². The molecule has 0 spiro atoms. The van der Waals surface area contributed by atoms with Gasteiger partial charge in [0.2, 0.25) is 5.60 Å². The van der Waals surface area contributed by atoms with E-state index in [1.54, 1.807) is 24.3 Å². The molecule has 3 heteroatoms. The van der Waals surface area contributed by atoms with Crippen molar-refractivity contribution in [1.29, 1.82) is 0 Å². The molecule has 0 radical (unpaired) electrons. The number of esters is 1. The van der Waals surface area contributed by atoms with Gasteiger partial charge in [-0.25, -0.2) is 0 Å². The highest BCUT2D eigenvalue weighted by Crippen LogP contribution is 2.32. The summed E-state index contributed by atoms with van der Waals surface area (Å²) in [6, 6.07) is 27.5. The lowest BCUT2D eigenvalue weighted by Crippen LogP contribution is -2.36. The number of benzene rings is 3. The molecule has 3 rings (SSSR count). The quantitative estimate of drug-likeness (QED) is 0.508. The van der Waals surface area contributed by atoms with Crippen LogP contribution in [0.4, 0.5) is 0 Å². The summed E-state index contributed by atoms with van der Waals surface area (Å²) in [5, 5.41) is 0. The maximum atomic E-state index is 12.6. The number of hydrogen-bond acceptors (Lipinski definition) is 3. The first-order valence-corrected chi connectivity index (χ1v) is 8.08. The number of rotatable bonds is 6. The molecule has 0 N–H and O–H groups in total. The topological polar surface area (TPSA) is 43.4 Å². The molecule has 3 nitrogen and oxygen atoms in total. The van der Waals surface area contributed by atoms with Crippen LogP contribution in [0.25, 0.3) is 0 Å². The molecule has 0 aliphatic carbocycles. The predicted octanol–water partition coefficient (Wildman–Crippen LogP) is 3.92. The van der Waals surface area contributed by atoms with Gasteiger partial charge in [0.25, 0.3) is 0 Å². The van der Waals surface area contributed by atoms with Crippen molar-refractivity contribution in [2.75, 3.05) is 0 Å². The molecule has 0 aromatic heterocycles. The second-order valence-corrected chi connectivity index (χ2v) is 5.72. The fraction of sp³-hybridized carbons (Fsp3) is 0.0909. The van der Waals surface area contributed by atoms with Gasteiger partial charge in [-0.2, -0.15) is 0 Å². The first-order valence-electron chi connectivity index (χ1n) is 8.08. The number of aldehydes is 1. The largest absolute Gasteiger partial charge is 0.441 e. The summed E-state index contributed by atoms with van der Waals surface area (Å²) in [7, 11) is 0. The first kappa shape index (κ1) is 16.7. The number of carbonyl (C=O) groups excluding carboxylic acids is 2. The Hall–Kier alpha value is -3.20. The van der Waals surface area contributed by atoms with E-state index in [9.17, 15) is 9.59 Å². The molecule has 0 atom stereocenters. The van der Waals surface area contributed by atoms with E-state index in [-0.39, 0.29) is 6.42 Å². The summed E-state index contributed by atoms with van der Waals surface area (Å²) >= 11 is 0. The zero-order valence-electron chi connectivity index (χ0n) is 13.7. The van der Waals surface area contributed by atoms with E-state index in [2.05, 4.69) is 0 Å². The van der Waals surface area contributed by atoms with Crippen molar-refractivity contribution in [1.82, 2.24) is 0 Å². The van der Waals surface area contributed by atoms with Crippen LogP contribution in [0, 0.1) is 0 Å². The predicted molar refractivity (Wildman–Crippen MR) is 96.0 cm³/mol. The molecule has 3 aromatic carbocycles. The maximum absolute atomic E-state index is 12.6. The first-order chi connectivity index (χ1) is 12.2. The molecule has 0 saturated heterocycles. The molecule has 0 heterocycles. The highest BCUT2D eigenvalue weighted by atomic mass is 16.6. The number of carbonyl (C=O) groups is 2. The monoisotopic (exact) mass is 330 g/mol. The van der Waals surface area contributed by atoms with Crippen LogP contribution in [0.5, 0.6) is 0 Å². The van der Waals surface area contributed by atoms with Crippen LogP contribution in [0.15, 0.2) is 91.0 Å². The summed E-state index contributed by atoms with van der Waals surface area (Å²) in [6.07, 6.45) is 0.802. The van der Waals surface area contributed by atoms with E-state index < -0.39 is 11.6 Å². The fourth-order valence-electron chi connectivity index (χ4n) is 2.79. The average molecular weight is 330 g/mol. The van der Waals surface area contributed by atoms with Crippen LogP contribution in [0.2, 0.25) is 0 Å². The Kier molecular flexibility index (Phi) is 5.05. The number of hydrogen-bond donors (Lipinski definition) is 0. The Bertz CT molecular complexity index is 787. The van der Waals surface area contributed by atoms with Gasteiger partial charge in [-0.05, 0) is 5.56 Å². The molecule has 25 heavy (non-hydrogen) atoms. The minimum atomic E-state index is -1.45. The lowest BCUT2D eigenvalue weighted by Gasteiger charge is -2.29.